The third-order valence-corrected chi connectivity index (χ3v) is 14.1. The Morgan fingerprint density at radius 2 is 0.877 bits per heavy atom. The van der Waals surface area contributed by atoms with E-state index in [4.69, 9.17) is 13.8 Å². The molecule has 2 N–H and O–H groups in total. The first-order chi connectivity index (χ1) is 35.4. The fraction of sp³-hybridized carbons (Fsp3) is 0.778. The topological polar surface area (TPSA) is 111 Å². The quantitative estimate of drug-likeness (QED) is 0.0205. The van der Waals surface area contributed by atoms with Gasteiger partial charge in [-0.05, 0) is 76.7 Å². The number of ether oxygens (including phenoxy) is 1. The molecule has 0 aromatic carbocycles. The number of phosphoric acid groups is 1. The van der Waals surface area contributed by atoms with Crippen molar-refractivity contribution < 1.29 is 37.3 Å². The molecular formula is C63H116N2O7P+. The first-order valence-electron chi connectivity index (χ1n) is 30.3. The molecule has 0 heterocycles. The Morgan fingerprint density at radius 3 is 1.32 bits per heavy atom. The van der Waals surface area contributed by atoms with Crippen LogP contribution in [0.1, 0.15) is 265 Å². The number of phosphoric ester groups is 1. The Balaban J connectivity index is 5.32. The van der Waals surface area contributed by atoms with E-state index in [0.717, 1.165) is 103 Å². The lowest BCUT2D eigenvalue weighted by Gasteiger charge is -2.27. The maximum atomic E-state index is 13.5. The summed E-state index contributed by atoms with van der Waals surface area (Å²) in [6.07, 6.45) is 67.5. The van der Waals surface area contributed by atoms with Crippen molar-refractivity contribution in [2.45, 2.75) is 277 Å². The minimum Gasteiger partial charge on any atom is -0.456 e. The zero-order valence-corrected chi connectivity index (χ0v) is 49.3. The number of carbonyl (C=O) groups excluding carboxylic acids is 2. The number of hydrogen-bond donors (Lipinski definition) is 2. The molecule has 1 amide bonds. The second kappa shape index (κ2) is 52.9. The fourth-order valence-electron chi connectivity index (χ4n) is 8.50. The van der Waals surface area contributed by atoms with Gasteiger partial charge in [-0.1, -0.05) is 248 Å². The van der Waals surface area contributed by atoms with E-state index < -0.39 is 20.0 Å². The van der Waals surface area contributed by atoms with E-state index in [0.29, 0.717) is 23.9 Å². The van der Waals surface area contributed by atoms with Crippen molar-refractivity contribution in [3.8, 4) is 0 Å². The SMILES string of the molecule is CC/C=C\C/C=C\C/C=C\C/C=C\C/C=C\CCCCCCCC(=O)OC(/C=C/CCCCCCCCCCCCC)C(COP(=O)(O)OCC[N+](C)(C)C)NC(=O)CCCCCCCCCCCCCCC. The monoisotopic (exact) mass is 1040 g/mol. The molecule has 424 valence electrons. The molecule has 0 fully saturated rings. The fourth-order valence-corrected chi connectivity index (χ4v) is 9.23. The molecule has 73 heavy (non-hydrogen) atoms. The number of carbonyl (C=O) groups is 2. The van der Waals surface area contributed by atoms with Crippen LogP contribution in [0.4, 0.5) is 0 Å². The molecule has 0 aromatic rings. The molecule has 0 aliphatic carbocycles. The maximum Gasteiger partial charge on any atom is 0.472 e. The standard InChI is InChI=1S/C63H115N2O7P/c1-7-10-13-16-19-22-25-28-29-30-31-32-33-34-35-38-41-44-47-50-53-56-63(67)72-61(54-51-48-45-42-39-36-26-23-20-17-14-11-8-2)60(59-71-73(68,69)70-58-57-65(4,5)6)64-62(66)55-52-49-46-43-40-37-27-24-21-18-15-12-9-3/h10,13,19,22,28-29,31-32,34-35,51,54,60-61H,7-9,11-12,14-18,20-21,23-27,30,33,36-50,52-53,55-59H2,1-6H3,(H-,64,66,68,69)/p+1/b13-10-,22-19-,29-28-,32-31-,35-34-,54-51+. The van der Waals surface area contributed by atoms with Crippen LogP contribution in [0.3, 0.4) is 0 Å². The van der Waals surface area contributed by atoms with E-state index in [-0.39, 0.29) is 31.5 Å². The van der Waals surface area contributed by atoms with Gasteiger partial charge >= 0.3 is 13.8 Å². The summed E-state index contributed by atoms with van der Waals surface area (Å²) in [6, 6.07) is -0.856. The molecule has 9 nitrogen and oxygen atoms in total. The van der Waals surface area contributed by atoms with Gasteiger partial charge in [-0.15, -0.1) is 0 Å². The summed E-state index contributed by atoms with van der Waals surface area (Å²) in [7, 11) is 1.48. The molecule has 0 aromatic heterocycles. The van der Waals surface area contributed by atoms with E-state index >= 15 is 0 Å². The van der Waals surface area contributed by atoms with Crippen LogP contribution >= 0.6 is 7.82 Å². The van der Waals surface area contributed by atoms with Gasteiger partial charge in [-0.2, -0.15) is 0 Å². The van der Waals surface area contributed by atoms with Gasteiger partial charge in [-0.25, -0.2) is 4.57 Å². The van der Waals surface area contributed by atoms with Crippen LogP contribution in [-0.4, -0.2) is 74.3 Å². The number of quaternary nitrogens is 1. The Bertz CT molecular complexity index is 1480. The van der Waals surface area contributed by atoms with Crippen molar-refractivity contribution >= 4 is 19.7 Å². The van der Waals surface area contributed by atoms with Crippen molar-refractivity contribution in [2.75, 3.05) is 40.9 Å². The van der Waals surface area contributed by atoms with Crippen molar-refractivity contribution in [1.29, 1.82) is 0 Å². The minimum absolute atomic E-state index is 0.0357. The van der Waals surface area contributed by atoms with E-state index in [1.165, 1.54) is 122 Å². The van der Waals surface area contributed by atoms with Gasteiger partial charge in [0.2, 0.25) is 5.91 Å². The Hall–Kier alpha value is -2.55. The van der Waals surface area contributed by atoms with Crippen LogP contribution in [0.2, 0.25) is 0 Å². The second-order valence-corrected chi connectivity index (χ2v) is 23.0. The molecule has 0 aliphatic heterocycles. The van der Waals surface area contributed by atoms with Crippen LogP contribution in [-0.2, 0) is 27.9 Å². The van der Waals surface area contributed by atoms with E-state index in [1.54, 1.807) is 0 Å². The Morgan fingerprint density at radius 1 is 0.493 bits per heavy atom. The zero-order valence-electron chi connectivity index (χ0n) is 48.4. The lowest BCUT2D eigenvalue weighted by atomic mass is 10.0. The smallest absolute Gasteiger partial charge is 0.456 e. The summed E-state index contributed by atoms with van der Waals surface area (Å²) in [6.45, 7) is 6.89. The highest BCUT2D eigenvalue weighted by atomic mass is 31.2. The molecule has 0 spiro atoms. The molecule has 0 aliphatic rings. The molecule has 10 heteroatoms. The largest absolute Gasteiger partial charge is 0.472 e. The van der Waals surface area contributed by atoms with Crippen LogP contribution in [0.25, 0.3) is 0 Å². The van der Waals surface area contributed by atoms with Gasteiger partial charge in [0, 0.05) is 12.8 Å². The summed E-state index contributed by atoms with van der Waals surface area (Å²) in [5, 5.41) is 3.05. The molecule has 0 saturated heterocycles. The second-order valence-electron chi connectivity index (χ2n) is 21.5. The summed E-state index contributed by atoms with van der Waals surface area (Å²) >= 11 is 0. The maximum absolute atomic E-state index is 13.5. The van der Waals surface area contributed by atoms with Crippen molar-refractivity contribution in [2.24, 2.45) is 0 Å². The third kappa shape index (κ3) is 54.1. The number of nitrogens with zero attached hydrogens (tertiary/aromatic N) is 1. The van der Waals surface area contributed by atoms with Gasteiger partial charge in [-0.3, -0.25) is 18.6 Å². The molecular weight excluding hydrogens is 928 g/mol. The molecule has 0 saturated carbocycles. The highest BCUT2D eigenvalue weighted by molar-refractivity contribution is 7.47. The van der Waals surface area contributed by atoms with Crippen molar-refractivity contribution in [3.63, 3.8) is 0 Å². The minimum atomic E-state index is -4.45. The zero-order chi connectivity index (χ0) is 53.6. The van der Waals surface area contributed by atoms with E-state index in [1.807, 2.05) is 33.3 Å². The lowest BCUT2D eigenvalue weighted by molar-refractivity contribution is -0.870. The third-order valence-electron chi connectivity index (χ3n) is 13.2. The Labute approximate surface area is 451 Å². The van der Waals surface area contributed by atoms with Crippen LogP contribution in [0.15, 0.2) is 72.9 Å². The molecule has 3 atom stereocenters. The number of likely N-dealkylation sites (N-methyl/N-ethyl adjacent to an activating group) is 1. The van der Waals surface area contributed by atoms with Gasteiger partial charge in [0.1, 0.15) is 19.3 Å². The summed E-state index contributed by atoms with van der Waals surface area (Å²) in [5.41, 5.74) is 0. The van der Waals surface area contributed by atoms with Crippen LogP contribution in [0, 0.1) is 0 Å². The average Bonchev–Trinajstić information content (AvgIpc) is 3.35. The molecule has 0 radical (unpaired) electrons. The normalized spacial score (nSPS) is 14.2. The van der Waals surface area contributed by atoms with Gasteiger partial charge < -0.3 is 19.4 Å². The Kier molecular flexibility index (Phi) is 51.0. The molecule has 3 unspecified atom stereocenters. The highest BCUT2D eigenvalue weighted by Gasteiger charge is 2.30. The highest BCUT2D eigenvalue weighted by Crippen LogP contribution is 2.43. The first kappa shape index (κ1) is 70.5. The number of hydrogen-bond acceptors (Lipinski definition) is 6. The van der Waals surface area contributed by atoms with Gasteiger partial charge in [0.05, 0.1) is 33.8 Å². The molecule has 0 bridgehead atoms. The number of allylic oxidation sites excluding steroid dienone is 11. The summed E-state index contributed by atoms with van der Waals surface area (Å²) in [4.78, 5) is 37.6. The summed E-state index contributed by atoms with van der Waals surface area (Å²) < 4.78 is 30.7. The predicted octanol–water partition coefficient (Wildman–Crippen LogP) is 18.4. The number of amides is 1. The van der Waals surface area contributed by atoms with Gasteiger partial charge in [0.15, 0.2) is 0 Å². The first-order valence-corrected chi connectivity index (χ1v) is 31.8. The summed E-state index contributed by atoms with van der Waals surface area (Å²) in [5.74, 6) is -0.523. The van der Waals surface area contributed by atoms with E-state index in [2.05, 4.69) is 86.8 Å². The van der Waals surface area contributed by atoms with Gasteiger partial charge in [0.25, 0.3) is 0 Å². The van der Waals surface area contributed by atoms with Crippen LogP contribution in [0.5, 0.6) is 0 Å². The van der Waals surface area contributed by atoms with Crippen molar-refractivity contribution in [1.82, 2.24) is 5.32 Å². The lowest BCUT2D eigenvalue weighted by Crippen LogP contribution is -2.47. The number of rotatable bonds is 54. The van der Waals surface area contributed by atoms with Crippen molar-refractivity contribution in [3.05, 3.63) is 72.9 Å². The molecule has 0 rings (SSSR count). The number of unbranched alkanes of at least 4 members (excludes halogenated alkanes) is 28. The van der Waals surface area contributed by atoms with Crippen LogP contribution < -0.4 is 5.32 Å². The number of nitrogens with one attached hydrogen (secondary N) is 1. The van der Waals surface area contributed by atoms with E-state index in [9.17, 15) is 19.0 Å². The predicted molar refractivity (Wildman–Crippen MR) is 314 cm³/mol. The number of esters is 1. The average molecular weight is 1040 g/mol.